The average Bonchev–Trinajstić information content (AvgIpc) is 2.64. The molecule has 2 aromatic rings. The molecule has 0 unspecified atom stereocenters. The monoisotopic (exact) mass is 325 g/mol. The first kappa shape index (κ1) is 16.4. The third-order valence-electron chi connectivity index (χ3n) is 4.26. The van der Waals surface area contributed by atoms with Gasteiger partial charge in [0.25, 0.3) is 0 Å². The molecule has 0 bridgehead atoms. The zero-order valence-electron chi connectivity index (χ0n) is 14.0. The molecule has 1 amide bonds. The summed E-state index contributed by atoms with van der Waals surface area (Å²) < 4.78 is 0. The van der Waals surface area contributed by atoms with E-state index in [9.17, 15) is 4.79 Å². The molecule has 3 rings (SSSR count). The van der Waals surface area contributed by atoms with Crippen molar-refractivity contribution >= 4 is 17.4 Å². The van der Waals surface area contributed by atoms with Crippen LogP contribution in [0.5, 0.6) is 0 Å². The van der Waals surface area contributed by atoms with Crippen LogP contribution in [-0.4, -0.2) is 53.5 Å². The Morgan fingerprint density at radius 1 is 1.12 bits per heavy atom. The minimum atomic E-state index is 0.0344. The molecule has 0 spiro atoms. The zero-order chi connectivity index (χ0) is 16.8. The van der Waals surface area contributed by atoms with Crippen LogP contribution in [0.1, 0.15) is 12.5 Å². The zero-order valence-corrected chi connectivity index (χ0v) is 14.0. The highest BCUT2D eigenvalue weighted by Crippen LogP contribution is 2.12. The van der Waals surface area contributed by atoms with Gasteiger partial charge in [0.15, 0.2) is 0 Å². The highest BCUT2D eigenvalue weighted by Gasteiger charge is 2.19. The number of nitrogens with zero attached hydrogens (tertiary/aromatic N) is 4. The van der Waals surface area contributed by atoms with Crippen molar-refractivity contribution in [3.63, 3.8) is 0 Å². The lowest BCUT2D eigenvalue weighted by molar-refractivity contribution is -0.117. The van der Waals surface area contributed by atoms with Crippen LogP contribution in [0.25, 0.3) is 0 Å². The Balaban J connectivity index is 1.46. The largest absolute Gasteiger partial charge is 0.353 e. The predicted octanol–water partition coefficient (Wildman–Crippen LogP) is 1.80. The summed E-state index contributed by atoms with van der Waals surface area (Å²) in [4.78, 5) is 25.0. The summed E-state index contributed by atoms with van der Waals surface area (Å²) in [5.41, 5.74) is 2.13. The summed E-state index contributed by atoms with van der Waals surface area (Å²) in [6.07, 6.45) is 6.17. The number of aryl methyl sites for hydroxylation is 1. The van der Waals surface area contributed by atoms with E-state index in [4.69, 9.17) is 0 Å². The summed E-state index contributed by atoms with van der Waals surface area (Å²) >= 11 is 0. The van der Waals surface area contributed by atoms with Gasteiger partial charge in [-0.15, -0.1) is 0 Å². The second kappa shape index (κ2) is 7.88. The van der Waals surface area contributed by atoms with Crippen LogP contribution >= 0.6 is 0 Å². The molecule has 1 saturated heterocycles. The van der Waals surface area contributed by atoms with Gasteiger partial charge in [0.1, 0.15) is 5.82 Å². The van der Waals surface area contributed by atoms with Crippen molar-refractivity contribution in [1.29, 1.82) is 0 Å². The molecule has 1 aromatic carbocycles. The Labute approximate surface area is 142 Å². The van der Waals surface area contributed by atoms with Crippen molar-refractivity contribution in [3.05, 3.63) is 48.4 Å². The van der Waals surface area contributed by atoms with Gasteiger partial charge in [-0.1, -0.05) is 19.1 Å². The maximum Gasteiger partial charge on any atom is 0.238 e. The van der Waals surface area contributed by atoms with Gasteiger partial charge in [0, 0.05) is 44.3 Å². The number of hydrogen-bond acceptors (Lipinski definition) is 5. The fourth-order valence-electron chi connectivity index (χ4n) is 2.82. The number of amides is 1. The molecule has 1 fully saturated rings. The summed E-state index contributed by atoms with van der Waals surface area (Å²) in [5, 5.41) is 2.97. The van der Waals surface area contributed by atoms with E-state index in [0.717, 1.165) is 44.1 Å². The number of benzene rings is 1. The van der Waals surface area contributed by atoms with Gasteiger partial charge in [-0.05, 0) is 24.1 Å². The van der Waals surface area contributed by atoms with Crippen molar-refractivity contribution in [3.8, 4) is 0 Å². The van der Waals surface area contributed by atoms with Gasteiger partial charge in [-0.25, -0.2) is 4.98 Å². The highest BCUT2D eigenvalue weighted by molar-refractivity contribution is 5.92. The molecular weight excluding hydrogens is 302 g/mol. The summed E-state index contributed by atoms with van der Waals surface area (Å²) in [6, 6.07) is 8.02. The normalized spacial score (nSPS) is 15.3. The molecule has 1 N–H and O–H groups in total. The Hall–Kier alpha value is -2.47. The van der Waals surface area contributed by atoms with Gasteiger partial charge < -0.3 is 10.2 Å². The van der Waals surface area contributed by atoms with Crippen molar-refractivity contribution in [2.24, 2.45) is 0 Å². The Morgan fingerprint density at radius 2 is 1.88 bits per heavy atom. The standard InChI is InChI=1S/C18H23N5O/c1-2-15-3-5-16(6-4-15)21-18(24)14-22-9-11-23(12-10-22)17-13-19-7-8-20-17/h3-8,13H,2,9-12,14H2,1H3,(H,21,24). The van der Waals surface area contributed by atoms with Gasteiger partial charge in [-0.3, -0.25) is 14.7 Å². The number of anilines is 2. The first-order chi connectivity index (χ1) is 11.7. The average molecular weight is 325 g/mol. The maximum absolute atomic E-state index is 12.2. The lowest BCUT2D eigenvalue weighted by atomic mass is 10.1. The third-order valence-corrected chi connectivity index (χ3v) is 4.26. The molecule has 2 heterocycles. The molecule has 6 heteroatoms. The fourth-order valence-corrected chi connectivity index (χ4v) is 2.82. The van der Waals surface area contributed by atoms with Crippen LogP contribution in [0.3, 0.4) is 0 Å². The number of carbonyl (C=O) groups excluding carboxylic acids is 1. The Morgan fingerprint density at radius 3 is 2.50 bits per heavy atom. The smallest absolute Gasteiger partial charge is 0.238 e. The maximum atomic E-state index is 12.2. The molecule has 126 valence electrons. The summed E-state index contributed by atoms with van der Waals surface area (Å²) in [5.74, 6) is 0.935. The molecule has 1 aliphatic heterocycles. The van der Waals surface area contributed by atoms with Crippen molar-refractivity contribution in [2.75, 3.05) is 42.9 Å². The first-order valence-electron chi connectivity index (χ1n) is 8.36. The molecule has 0 atom stereocenters. The van der Waals surface area contributed by atoms with Crippen LogP contribution in [0.2, 0.25) is 0 Å². The van der Waals surface area contributed by atoms with Gasteiger partial charge >= 0.3 is 0 Å². The second-order valence-electron chi connectivity index (χ2n) is 5.93. The van der Waals surface area contributed by atoms with Crippen LogP contribution < -0.4 is 10.2 Å². The molecule has 0 aliphatic carbocycles. The van der Waals surface area contributed by atoms with E-state index in [-0.39, 0.29) is 5.91 Å². The van der Waals surface area contributed by atoms with Crippen molar-refractivity contribution in [2.45, 2.75) is 13.3 Å². The van der Waals surface area contributed by atoms with E-state index in [2.05, 4.69) is 44.1 Å². The van der Waals surface area contributed by atoms with E-state index in [1.54, 1.807) is 18.6 Å². The lowest BCUT2D eigenvalue weighted by Gasteiger charge is -2.34. The number of piperazine rings is 1. The molecule has 0 saturated carbocycles. The molecule has 24 heavy (non-hydrogen) atoms. The molecule has 6 nitrogen and oxygen atoms in total. The number of carbonyl (C=O) groups is 1. The number of hydrogen-bond donors (Lipinski definition) is 1. The van der Waals surface area contributed by atoms with E-state index >= 15 is 0 Å². The topological polar surface area (TPSA) is 61.4 Å². The first-order valence-corrected chi connectivity index (χ1v) is 8.36. The number of aromatic nitrogens is 2. The van der Waals surface area contributed by atoms with E-state index in [1.807, 2.05) is 12.1 Å². The van der Waals surface area contributed by atoms with E-state index in [0.29, 0.717) is 6.54 Å². The van der Waals surface area contributed by atoms with Gasteiger partial charge in [0.2, 0.25) is 5.91 Å². The fraction of sp³-hybridized carbons (Fsp3) is 0.389. The van der Waals surface area contributed by atoms with E-state index in [1.165, 1.54) is 5.56 Å². The number of nitrogens with one attached hydrogen (secondary N) is 1. The van der Waals surface area contributed by atoms with Gasteiger partial charge in [-0.2, -0.15) is 0 Å². The minimum absolute atomic E-state index is 0.0344. The summed E-state index contributed by atoms with van der Waals surface area (Å²) in [7, 11) is 0. The summed E-state index contributed by atoms with van der Waals surface area (Å²) in [6.45, 7) is 5.95. The lowest BCUT2D eigenvalue weighted by Crippen LogP contribution is -2.48. The minimum Gasteiger partial charge on any atom is -0.353 e. The van der Waals surface area contributed by atoms with Crippen LogP contribution in [0.15, 0.2) is 42.9 Å². The SMILES string of the molecule is CCc1ccc(NC(=O)CN2CCN(c3cnccn3)CC2)cc1. The number of rotatable bonds is 5. The van der Waals surface area contributed by atoms with Crippen LogP contribution in [0.4, 0.5) is 11.5 Å². The quantitative estimate of drug-likeness (QED) is 0.908. The Bertz CT molecular complexity index is 651. The van der Waals surface area contributed by atoms with Crippen LogP contribution in [0, 0.1) is 0 Å². The molecule has 1 aliphatic rings. The van der Waals surface area contributed by atoms with Crippen molar-refractivity contribution in [1.82, 2.24) is 14.9 Å². The van der Waals surface area contributed by atoms with Crippen molar-refractivity contribution < 1.29 is 4.79 Å². The van der Waals surface area contributed by atoms with Crippen LogP contribution in [-0.2, 0) is 11.2 Å². The molecule has 0 radical (unpaired) electrons. The molecule has 1 aromatic heterocycles. The molecular formula is C18H23N5O. The van der Waals surface area contributed by atoms with E-state index < -0.39 is 0 Å². The Kier molecular flexibility index (Phi) is 5.38. The highest BCUT2D eigenvalue weighted by atomic mass is 16.2. The third kappa shape index (κ3) is 4.29. The van der Waals surface area contributed by atoms with Gasteiger partial charge in [0.05, 0.1) is 12.7 Å². The second-order valence-corrected chi connectivity index (χ2v) is 5.93. The predicted molar refractivity (Wildman–Crippen MR) is 95.1 cm³/mol.